The Hall–Kier alpha value is -1.87. The molecule has 3 rings (SSSR count). The summed E-state index contributed by atoms with van der Waals surface area (Å²) in [5, 5.41) is 2.98. The lowest BCUT2D eigenvalue weighted by Crippen LogP contribution is -2.44. The van der Waals surface area contributed by atoms with E-state index in [-0.39, 0.29) is 28.7 Å². The maximum atomic E-state index is 13.1. The zero-order valence-electron chi connectivity index (χ0n) is 17.6. The fourth-order valence-electron chi connectivity index (χ4n) is 3.94. The molecule has 0 spiro atoms. The third kappa shape index (κ3) is 4.66. The molecule has 2 aliphatic rings. The second kappa shape index (κ2) is 8.87. The number of aryl methyl sites for hydroxylation is 1. The Morgan fingerprint density at radius 2 is 1.79 bits per heavy atom. The first-order valence-corrected chi connectivity index (χ1v) is 11.9. The molecule has 2 fully saturated rings. The van der Waals surface area contributed by atoms with Crippen LogP contribution in [0.5, 0.6) is 0 Å². The molecule has 0 bridgehead atoms. The van der Waals surface area contributed by atoms with Gasteiger partial charge in [-0.25, -0.2) is 8.42 Å². The van der Waals surface area contributed by atoms with Crippen molar-refractivity contribution in [3.8, 4) is 0 Å². The van der Waals surface area contributed by atoms with Gasteiger partial charge in [-0.05, 0) is 45.1 Å². The van der Waals surface area contributed by atoms with Gasteiger partial charge in [0.1, 0.15) is 10.6 Å². The number of sulfonamides is 1. The fourth-order valence-corrected chi connectivity index (χ4v) is 5.48. The van der Waals surface area contributed by atoms with E-state index in [2.05, 4.69) is 5.32 Å². The van der Waals surface area contributed by atoms with Gasteiger partial charge in [-0.1, -0.05) is 6.92 Å². The SMILES string of the molecule is CCC(C)NC(=O)C1CCN(S(=O)(=O)c2cc(C(=O)N3CCCC3)n(C)c2)CC1. The number of carbonyl (C=O) groups is 2. The van der Waals surface area contributed by atoms with Crippen LogP contribution in [0.2, 0.25) is 0 Å². The zero-order valence-corrected chi connectivity index (χ0v) is 18.4. The molecule has 0 aromatic carbocycles. The Morgan fingerprint density at radius 3 is 2.38 bits per heavy atom. The van der Waals surface area contributed by atoms with Crippen LogP contribution in [0.1, 0.15) is 56.4 Å². The van der Waals surface area contributed by atoms with Crippen LogP contribution in [0.4, 0.5) is 0 Å². The number of piperidine rings is 1. The van der Waals surface area contributed by atoms with Gasteiger partial charge in [0.2, 0.25) is 15.9 Å². The molecule has 29 heavy (non-hydrogen) atoms. The minimum absolute atomic E-state index is 0.00889. The largest absolute Gasteiger partial charge is 0.353 e. The fraction of sp³-hybridized carbons (Fsp3) is 0.700. The molecule has 1 N–H and O–H groups in total. The first kappa shape index (κ1) is 21.8. The van der Waals surface area contributed by atoms with Crippen LogP contribution in [-0.4, -0.2) is 66.2 Å². The summed E-state index contributed by atoms with van der Waals surface area (Å²) in [7, 11) is -1.99. The van der Waals surface area contributed by atoms with E-state index in [0.717, 1.165) is 32.4 Å². The summed E-state index contributed by atoms with van der Waals surface area (Å²) in [6.45, 7) is 6.05. The van der Waals surface area contributed by atoms with E-state index < -0.39 is 10.0 Å². The monoisotopic (exact) mass is 424 g/mol. The van der Waals surface area contributed by atoms with Gasteiger partial charge in [-0.2, -0.15) is 4.31 Å². The van der Waals surface area contributed by atoms with Crippen LogP contribution in [0.3, 0.4) is 0 Å². The summed E-state index contributed by atoms with van der Waals surface area (Å²) < 4.78 is 29.2. The second-order valence-electron chi connectivity index (χ2n) is 8.17. The smallest absolute Gasteiger partial charge is 0.270 e. The summed E-state index contributed by atoms with van der Waals surface area (Å²) >= 11 is 0. The van der Waals surface area contributed by atoms with Gasteiger partial charge in [0.25, 0.3) is 5.91 Å². The van der Waals surface area contributed by atoms with E-state index in [4.69, 9.17) is 0 Å². The van der Waals surface area contributed by atoms with Crippen LogP contribution < -0.4 is 5.32 Å². The summed E-state index contributed by atoms with van der Waals surface area (Å²) in [6, 6.07) is 1.61. The second-order valence-corrected chi connectivity index (χ2v) is 10.1. The molecule has 1 atom stereocenters. The predicted octanol–water partition coefficient (Wildman–Crippen LogP) is 1.58. The van der Waals surface area contributed by atoms with Gasteiger partial charge >= 0.3 is 0 Å². The van der Waals surface area contributed by atoms with Crippen LogP contribution in [0, 0.1) is 5.92 Å². The van der Waals surface area contributed by atoms with Crippen LogP contribution in [-0.2, 0) is 21.9 Å². The number of hydrogen-bond donors (Lipinski definition) is 1. The zero-order chi connectivity index (χ0) is 21.2. The van der Waals surface area contributed by atoms with Gasteiger partial charge in [-0.15, -0.1) is 0 Å². The molecular formula is C20H32N4O4S. The normalized spacial score (nSPS) is 20.0. The van der Waals surface area contributed by atoms with Crippen molar-refractivity contribution >= 4 is 21.8 Å². The van der Waals surface area contributed by atoms with Crippen molar-refractivity contribution in [1.29, 1.82) is 0 Å². The van der Waals surface area contributed by atoms with E-state index in [9.17, 15) is 18.0 Å². The van der Waals surface area contributed by atoms with Crippen molar-refractivity contribution in [2.75, 3.05) is 26.2 Å². The number of amides is 2. The van der Waals surface area contributed by atoms with E-state index in [1.165, 1.54) is 16.6 Å². The molecule has 0 saturated carbocycles. The Labute approximate surface area is 173 Å². The molecule has 9 heteroatoms. The Bertz CT molecular complexity index is 850. The van der Waals surface area contributed by atoms with Gasteiger partial charge in [0.05, 0.1) is 0 Å². The van der Waals surface area contributed by atoms with Crippen LogP contribution in [0.15, 0.2) is 17.2 Å². The van der Waals surface area contributed by atoms with Crippen molar-refractivity contribution in [2.24, 2.45) is 13.0 Å². The summed E-state index contributed by atoms with van der Waals surface area (Å²) in [4.78, 5) is 26.9. The lowest BCUT2D eigenvalue weighted by Gasteiger charge is -2.30. The number of nitrogens with zero attached hydrogens (tertiary/aromatic N) is 3. The Balaban J connectivity index is 1.67. The Morgan fingerprint density at radius 1 is 1.17 bits per heavy atom. The predicted molar refractivity (Wildman–Crippen MR) is 110 cm³/mol. The topological polar surface area (TPSA) is 91.7 Å². The van der Waals surface area contributed by atoms with Crippen molar-refractivity contribution in [1.82, 2.24) is 19.1 Å². The number of rotatable bonds is 6. The lowest BCUT2D eigenvalue weighted by molar-refractivity contribution is -0.126. The van der Waals surface area contributed by atoms with Crippen LogP contribution in [0.25, 0.3) is 0 Å². The maximum absolute atomic E-state index is 13.1. The third-order valence-electron chi connectivity index (χ3n) is 6.06. The number of nitrogens with one attached hydrogen (secondary N) is 1. The van der Waals surface area contributed by atoms with Gasteiger partial charge < -0.3 is 14.8 Å². The van der Waals surface area contributed by atoms with Gasteiger partial charge in [0, 0.05) is 51.4 Å². The van der Waals surface area contributed by atoms with E-state index >= 15 is 0 Å². The summed E-state index contributed by atoms with van der Waals surface area (Å²) in [5.74, 6) is -0.264. The minimum Gasteiger partial charge on any atom is -0.353 e. The van der Waals surface area contributed by atoms with Crippen molar-refractivity contribution in [3.05, 3.63) is 18.0 Å². The molecule has 1 aromatic heterocycles. The third-order valence-corrected chi connectivity index (χ3v) is 7.92. The Kier molecular flexibility index (Phi) is 6.68. The first-order chi connectivity index (χ1) is 13.7. The number of hydrogen-bond acceptors (Lipinski definition) is 4. The average Bonchev–Trinajstić information content (AvgIpc) is 3.37. The highest BCUT2D eigenvalue weighted by atomic mass is 32.2. The number of carbonyl (C=O) groups excluding carboxylic acids is 2. The molecule has 1 unspecified atom stereocenters. The van der Waals surface area contributed by atoms with Crippen molar-refractivity contribution < 1.29 is 18.0 Å². The minimum atomic E-state index is -3.69. The average molecular weight is 425 g/mol. The molecule has 8 nitrogen and oxygen atoms in total. The summed E-state index contributed by atoms with van der Waals surface area (Å²) in [6.07, 6.45) is 5.37. The molecule has 2 amide bonds. The lowest BCUT2D eigenvalue weighted by atomic mass is 9.97. The molecule has 3 heterocycles. The van der Waals surface area contributed by atoms with E-state index in [0.29, 0.717) is 31.6 Å². The highest BCUT2D eigenvalue weighted by molar-refractivity contribution is 7.89. The molecule has 1 aromatic rings. The summed E-state index contributed by atoms with van der Waals surface area (Å²) in [5.41, 5.74) is 0.397. The maximum Gasteiger partial charge on any atom is 0.270 e. The van der Waals surface area contributed by atoms with Crippen molar-refractivity contribution in [2.45, 2.75) is 56.9 Å². The highest BCUT2D eigenvalue weighted by Gasteiger charge is 2.34. The standard InChI is InChI=1S/C20H32N4O4S/c1-4-15(2)21-19(25)16-7-11-24(12-8-16)29(27,28)17-13-18(22(3)14-17)20(26)23-9-5-6-10-23/h13-16H,4-12H2,1-3H3,(H,21,25). The molecule has 2 saturated heterocycles. The van der Waals surface area contributed by atoms with Gasteiger partial charge in [-0.3, -0.25) is 9.59 Å². The van der Waals surface area contributed by atoms with Gasteiger partial charge in [0.15, 0.2) is 0 Å². The van der Waals surface area contributed by atoms with E-state index in [1.807, 2.05) is 13.8 Å². The molecular weight excluding hydrogens is 392 g/mol. The number of likely N-dealkylation sites (tertiary alicyclic amines) is 1. The first-order valence-electron chi connectivity index (χ1n) is 10.5. The molecule has 2 aliphatic heterocycles. The molecule has 162 valence electrons. The van der Waals surface area contributed by atoms with Crippen molar-refractivity contribution in [3.63, 3.8) is 0 Å². The van der Waals surface area contributed by atoms with E-state index in [1.54, 1.807) is 16.5 Å². The highest BCUT2D eigenvalue weighted by Crippen LogP contribution is 2.26. The molecule has 0 radical (unpaired) electrons. The quantitative estimate of drug-likeness (QED) is 0.750. The van der Waals surface area contributed by atoms with Crippen LogP contribution >= 0.6 is 0 Å². The number of aromatic nitrogens is 1. The molecule has 0 aliphatic carbocycles.